The molecule has 0 fully saturated rings. The highest BCUT2D eigenvalue weighted by Crippen LogP contribution is 1.99. The molecule has 0 rings (SSSR count). The van der Waals surface area contributed by atoms with Gasteiger partial charge in [-0.1, -0.05) is 13.8 Å². The number of carboxylic acid groups (broad SMARTS) is 1. The van der Waals surface area contributed by atoms with E-state index in [-0.39, 0.29) is 12.3 Å². The Morgan fingerprint density at radius 2 is 2.07 bits per heavy atom. The average Bonchev–Trinajstić information content (AvgIpc) is 2.15. The van der Waals surface area contributed by atoms with E-state index in [1.807, 2.05) is 0 Å². The molecule has 1 unspecified atom stereocenters. The number of aliphatic carboxylic acids is 1. The van der Waals surface area contributed by atoms with Crippen molar-refractivity contribution in [2.24, 2.45) is 11.7 Å². The molecule has 0 aliphatic rings. The molecule has 0 aromatic carbocycles. The zero-order valence-corrected chi connectivity index (χ0v) is 8.86. The van der Waals surface area contributed by atoms with Gasteiger partial charge < -0.3 is 16.2 Å². The summed E-state index contributed by atoms with van der Waals surface area (Å²) in [4.78, 5) is 22.1. The van der Waals surface area contributed by atoms with E-state index in [1.54, 1.807) is 13.8 Å². The third-order valence-corrected chi connectivity index (χ3v) is 1.96. The Bertz CT molecular complexity index is 281. The van der Waals surface area contributed by atoms with Crippen LogP contribution in [0.2, 0.25) is 0 Å². The third-order valence-electron chi connectivity index (χ3n) is 1.96. The molecule has 0 bridgehead atoms. The second kappa shape index (κ2) is 6.04. The second-order valence-corrected chi connectivity index (χ2v) is 3.58. The number of nitrogens with one attached hydrogen (secondary N) is 1. The Kier molecular flexibility index (Phi) is 5.42. The molecule has 0 heterocycles. The number of carboxylic acids is 1. The highest BCUT2D eigenvalue weighted by atomic mass is 16.4. The molecule has 0 aliphatic carbocycles. The summed E-state index contributed by atoms with van der Waals surface area (Å²) >= 11 is 0. The van der Waals surface area contributed by atoms with Crippen LogP contribution in [0, 0.1) is 18.3 Å². The molecule has 15 heavy (non-hydrogen) atoms. The molecular formula is C10H16N2O3. The van der Waals surface area contributed by atoms with Crippen molar-refractivity contribution in [2.75, 3.05) is 0 Å². The van der Waals surface area contributed by atoms with Gasteiger partial charge in [0.05, 0.1) is 6.04 Å². The number of terminal acetylenes is 1. The summed E-state index contributed by atoms with van der Waals surface area (Å²) in [6.07, 6.45) is 4.93. The van der Waals surface area contributed by atoms with Gasteiger partial charge in [-0.05, 0) is 5.92 Å². The predicted octanol–water partition coefficient (Wildman–Crippen LogP) is -0.438. The van der Waals surface area contributed by atoms with Crippen LogP contribution in [0.1, 0.15) is 20.3 Å². The van der Waals surface area contributed by atoms with Crippen molar-refractivity contribution in [1.29, 1.82) is 0 Å². The number of nitrogens with two attached hydrogens (primary N) is 1. The van der Waals surface area contributed by atoms with Crippen LogP contribution in [0.3, 0.4) is 0 Å². The molecule has 2 atom stereocenters. The number of hydrogen-bond acceptors (Lipinski definition) is 3. The fourth-order valence-electron chi connectivity index (χ4n) is 0.889. The first kappa shape index (κ1) is 13.5. The molecule has 4 N–H and O–H groups in total. The van der Waals surface area contributed by atoms with Gasteiger partial charge in [0.2, 0.25) is 5.91 Å². The van der Waals surface area contributed by atoms with Crippen molar-refractivity contribution in [2.45, 2.75) is 32.4 Å². The largest absolute Gasteiger partial charge is 0.480 e. The maximum Gasteiger partial charge on any atom is 0.327 e. The van der Waals surface area contributed by atoms with Crippen molar-refractivity contribution in [3.8, 4) is 12.3 Å². The van der Waals surface area contributed by atoms with Crippen LogP contribution in [0.25, 0.3) is 0 Å². The molecule has 0 radical (unpaired) electrons. The standard InChI is InChI=1S/C10H16N2O3/c1-4-5-7(10(14)15)12-9(13)8(11)6(2)3/h1,6-8H,5,11H2,2-3H3,(H,12,13)(H,14,15)/t7?,8-/m0/s1. The number of carbonyl (C=O) groups excluding carboxylic acids is 1. The topological polar surface area (TPSA) is 92.4 Å². The summed E-state index contributed by atoms with van der Waals surface area (Å²) in [6, 6.07) is -1.78. The molecule has 0 aliphatic heterocycles. The van der Waals surface area contributed by atoms with E-state index in [2.05, 4.69) is 11.2 Å². The minimum absolute atomic E-state index is 0.0497. The van der Waals surface area contributed by atoms with Crippen molar-refractivity contribution in [3.63, 3.8) is 0 Å². The number of amides is 1. The Balaban J connectivity index is 4.36. The summed E-state index contributed by atoms with van der Waals surface area (Å²) in [7, 11) is 0. The first-order valence-corrected chi connectivity index (χ1v) is 4.62. The van der Waals surface area contributed by atoms with Gasteiger partial charge >= 0.3 is 5.97 Å². The number of hydrogen-bond donors (Lipinski definition) is 3. The Morgan fingerprint density at radius 1 is 1.53 bits per heavy atom. The highest BCUT2D eigenvalue weighted by molar-refractivity contribution is 5.87. The van der Waals surface area contributed by atoms with E-state index in [0.717, 1.165) is 0 Å². The summed E-state index contributed by atoms with van der Waals surface area (Å²) in [5, 5.41) is 11.0. The molecule has 0 aromatic rings. The monoisotopic (exact) mass is 212 g/mol. The van der Waals surface area contributed by atoms with Crippen molar-refractivity contribution in [3.05, 3.63) is 0 Å². The summed E-state index contributed by atoms with van der Waals surface area (Å²) in [5.41, 5.74) is 5.55. The lowest BCUT2D eigenvalue weighted by Gasteiger charge is -2.18. The normalized spacial score (nSPS) is 14.1. The van der Waals surface area contributed by atoms with E-state index in [0.29, 0.717) is 0 Å². The number of carbonyl (C=O) groups is 2. The highest BCUT2D eigenvalue weighted by Gasteiger charge is 2.23. The zero-order valence-electron chi connectivity index (χ0n) is 8.86. The smallest absolute Gasteiger partial charge is 0.327 e. The van der Waals surface area contributed by atoms with Crippen LogP contribution in [0.4, 0.5) is 0 Å². The fourth-order valence-corrected chi connectivity index (χ4v) is 0.889. The molecule has 84 valence electrons. The molecule has 5 heteroatoms. The van der Waals surface area contributed by atoms with Gasteiger partial charge in [-0.15, -0.1) is 12.3 Å². The zero-order chi connectivity index (χ0) is 12.0. The van der Waals surface area contributed by atoms with Crippen LogP contribution >= 0.6 is 0 Å². The van der Waals surface area contributed by atoms with E-state index in [4.69, 9.17) is 17.3 Å². The average molecular weight is 212 g/mol. The van der Waals surface area contributed by atoms with Crippen LogP contribution in [0.15, 0.2) is 0 Å². The molecule has 0 saturated carbocycles. The molecular weight excluding hydrogens is 196 g/mol. The minimum Gasteiger partial charge on any atom is -0.480 e. The lowest BCUT2D eigenvalue weighted by molar-refractivity contribution is -0.142. The van der Waals surface area contributed by atoms with Gasteiger partial charge in [-0.25, -0.2) is 4.79 Å². The van der Waals surface area contributed by atoms with E-state index < -0.39 is 24.0 Å². The summed E-state index contributed by atoms with van der Waals surface area (Å²) in [5.74, 6) is 0.487. The second-order valence-electron chi connectivity index (χ2n) is 3.58. The molecule has 0 saturated heterocycles. The molecule has 0 spiro atoms. The van der Waals surface area contributed by atoms with Gasteiger partial charge in [0.1, 0.15) is 6.04 Å². The van der Waals surface area contributed by atoms with Gasteiger partial charge in [0, 0.05) is 6.42 Å². The maximum atomic E-state index is 11.4. The van der Waals surface area contributed by atoms with Gasteiger partial charge in [-0.3, -0.25) is 4.79 Å². The Morgan fingerprint density at radius 3 is 2.40 bits per heavy atom. The van der Waals surface area contributed by atoms with Gasteiger partial charge in [0.15, 0.2) is 0 Å². The van der Waals surface area contributed by atoms with E-state index in [1.165, 1.54) is 0 Å². The fraction of sp³-hybridized carbons (Fsp3) is 0.600. The molecule has 5 nitrogen and oxygen atoms in total. The van der Waals surface area contributed by atoms with Crippen LogP contribution in [0.5, 0.6) is 0 Å². The lowest BCUT2D eigenvalue weighted by atomic mass is 10.0. The Hall–Kier alpha value is -1.54. The first-order chi connectivity index (χ1) is 6.90. The van der Waals surface area contributed by atoms with Crippen LogP contribution in [-0.2, 0) is 9.59 Å². The van der Waals surface area contributed by atoms with Crippen molar-refractivity contribution < 1.29 is 14.7 Å². The van der Waals surface area contributed by atoms with Crippen LogP contribution < -0.4 is 11.1 Å². The minimum atomic E-state index is -1.16. The summed E-state index contributed by atoms with van der Waals surface area (Å²) in [6.45, 7) is 3.56. The van der Waals surface area contributed by atoms with E-state index >= 15 is 0 Å². The van der Waals surface area contributed by atoms with Crippen LogP contribution in [-0.4, -0.2) is 29.1 Å². The quantitative estimate of drug-likeness (QED) is 0.539. The van der Waals surface area contributed by atoms with Crippen molar-refractivity contribution in [1.82, 2.24) is 5.32 Å². The van der Waals surface area contributed by atoms with Gasteiger partial charge in [0.25, 0.3) is 0 Å². The molecule has 0 aromatic heterocycles. The maximum absolute atomic E-state index is 11.4. The first-order valence-electron chi connectivity index (χ1n) is 4.62. The molecule has 1 amide bonds. The van der Waals surface area contributed by atoms with E-state index in [9.17, 15) is 9.59 Å². The third kappa shape index (κ3) is 4.47. The SMILES string of the molecule is C#CCC(NC(=O)[C@@H](N)C(C)C)C(=O)O. The van der Waals surface area contributed by atoms with Crippen molar-refractivity contribution >= 4 is 11.9 Å². The van der Waals surface area contributed by atoms with Gasteiger partial charge in [-0.2, -0.15) is 0 Å². The summed E-state index contributed by atoms with van der Waals surface area (Å²) < 4.78 is 0. The number of rotatable bonds is 5. The Labute approximate surface area is 89.0 Å². The lowest BCUT2D eigenvalue weighted by Crippen LogP contribution is -2.50. The predicted molar refractivity (Wildman–Crippen MR) is 55.8 cm³/mol.